The van der Waals surface area contributed by atoms with Crippen LogP contribution in [0.3, 0.4) is 0 Å². The SMILES string of the molecule is COc1cc(C=O)c(-c2ccc(C(C)C)cc2)cc1OC. The standard InChI is InChI=1S/C18H20O3/c1-12(2)13-5-7-14(8-6-13)16-10-18(21-4)17(20-3)9-15(16)11-19/h5-12H,1-4H3. The van der Waals surface area contributed by atoms with E-state index < -0.39 is 0 Å². The second-order valence-corrected chi connectivity index (χ2v) is 5.19. The van der Waals surface area contributed by atoms with Crippen LogP contribution in [0.15, 0.2) is 36.4 Å². The van der Waals surface area contributed by atoms with E-state index in [0.29, 0.717) is 23.0 Å². The molecule has 0 aliphatic carbocycles. The van der Waals surface area contributed by atoms with Crippen LogP contribution in [-0.4, -0.2) is 20.5 Å². The Hall–Kier alpha value is -2.29. The topological polar surface area (TPSA) is 35.5 Å². The van der Waals surface area contributed by atoms with Gasteiger partial charge in [-0.15, -0.1) is 0 Å². The molecule has 0 amide bonds. The van der Waals surface area contributed by atoms with Crippen molar-refractivity contribution in [3.8, 4) is 22.6 Å². The summed E-state index contributed by atoms with van der Waals surface area (Å²) in [4.78, 5) is 11.3. The van der Waals surface area contributed by atoms with Crippen LogP contribution in [0.5, 0.6) is 11.5 Å². The molecule has 0 atom stereocenters. The minimum atomic E-state index is 0.481. The molecule has 2 aromatic rings. The van der Waals surface area contributed by atoms with Gasteiger partial charge >= 0.3 is 0 Å². The molecule has 110 valence electrons. The van der Waals surface area contributed by atoms with Crippen molar-refractivity contribution in [3.63, 3.8) is 0 Å². The molecule has 3 heteroatoms. The van der Waals surface area contributed by atoms with Gasteiger partial charge in [0.25, 0.3) is 0 Å². The minimum Gasteiger partial charge on any atom is -0.493 e. The molecule has 0 bridgehead atoms. The lowest BCUT2D eigenvalue weighted by atomic mass is 9.96. The number of aldehydes is 1. The van der Waals surface area contributed by atoms with Crippen molar-refractivity contribution < 1.29 is 14.3 Å². The molecule has 0 heterocycles. The lowest BCUT2D eigenvalue weighted by Gasteiger charge is -2.13. The van der Waals surface area contributed by atoms with Crippen LogP contribution in [0.25, 0.3) is 11.1 Å². The predicted molar refractivity (Wildman–Crippen MR) is 84.5 cm³/mol. The Morgan fingerprint density at radius 2 is 1.52 bits per heavy atom. The van der Waals surface area contributed by atoms with Crippen molar-refractivity contribution in [3.05, 3.63) is 47.5 Å². The lowest BCUT2D eigenvalue weighted by molar-refractivity contribution is 0.112. The highest BCUT2D eigenvalue weighted by Gasteiger charge is 2.12. The fourth-order valence-corrected chi connectivity index (χ4v) is 2.29. The number of benzene rings is 2. The van der Waals surface area contributed by atoms with Crippen LogP contribution in [0.2, 0.25) is 0 Å². The molecule has 0 unspecified atom stereocenters. The maximum absolute atomic E-state index is 11.3. The van der Waals surface area contributed by atoms with E-state index in [1.54, 1.807) is 20.3 Å². The van der Waals surface area contributed by atoms with Crippen molar-refractivity contribution in [2.75, 3.05) is 14.2 Å². The van der Waals surface area contributed by atoms with E-state index >= 15 is 0 Å². The van der Waals surface area contributed by atoms with E-state index in [1.807, 2.05) is 18.2 Å². The van der Waals surface area contributed by atoms with Gasteiger partial charge in [0, 0.05) is 5.56 Å². The van der Waals surface area contributed by atoms with Crippen LogP contribution < -0.4 is 9.47 Å². The molecule has 0 aliphatic rings. The van der Waals surface area contributed by atoms with Gasteiger partial charge in [-0.05, 0) is 34.7 Å². The summed E-state index contributed by atoms with van der Waals surface area (Å²) in [5.74, 6) is 1.66. The Balaban J connectivity index is 2.53. The first-order chi connectivity index (χ1) is 10.1. The zero-order valence-electron chi connectivity index (χ0n) is 12.8. The van der Waals surface area contributed by atoms with E-state index in [0.717, 1.165) is 17.4 Å². The number of carbonyl (C=O) groups is 1. The smallest absolute Gasteiger partial charge is 0.161 e. The van der Waals surface area contributed by atoms with Crippen molar-refractivity contribution in [1.29, 1.82) is 0 Å². The quantitative estimate of drug-likeness (QED) is 0.768. The molecule has 0 saturated heterocycles. The maximum Gasteiger partial charge on any atom is 0.161 e. The van der Waals surface area contributed by atoms with E-state index in [9.17, 15) is 4.79 Å². The van der Waals surface area contributed by atoms with Gasteiger partial charge < -0.3 is 9.47 Å². The molecule has 0 fully saturated rings. The summed E-state index contributed by atoms with van der Waals surface area (Å²) < 4.78 is 10.6. The Labute approximate surface area is 125 Å². The molecular formula is C18H20O3. The molecule has 0 aliphatic heterocycles. The second-order valence-electron chi connectivity index (χ2n) is 5.19. The molecule has 0 spiro atoms. The third-order valence-electron chi connectivity index (χ3n) is 3.57. The monoisotopic (exact) mass is 284 g/mol. The van der Waals surface area contributed by atoms with Gasteiger partial charge in [0.05, 0.1) is 14.2 Å². The minimum absolute atomic E-state index is 0.481. The molecule has 0 saturated carbocycles. The molecule has 2 rings (SSSR count). The Morgan fingerprint density at radius 3 is 2.00 bits per heavy atom. The third kappa shape index (κ3) is 3.07. The van der Waals surface area contributed by atoms with Crippen LogP contribution in [0, 0.1) is 0 Å². The summed E-state index contributed by atoms with van der Waals surface area (Å²) in [6.07, 6.45) is 0.841. The largest absolute Gasteiger partial charge is 0.493 e. The number of ether oxygens (including phenoxy) is 2. The van der Waals surface area contributed by atoms with Crippen molar-refractivity contribution in [1.82, 2.24) is 0 Å². The molecule has 0 radical (unpaired) electrons. The van der Waals surface area contributed by atoms with Crippen LogP contribution in [0.4, 0.5) is 0 Å². The number of carbonyl (C=O) groups excluding carboxylic acids is 1. The van der Waals surface area contributed by atoms with Gasteiger partial charge in [-0.3, -0.25) is 4.79 Å². The highest BCUT2D eigenvalue weighted by atomic mass is 16.5. The van der Waals surface area contributed by atoms with Crippen molar-refractivity contribution in [2.24, 2.45) is 0 Å². The van der Waals surface area contributed by atoms with E-state index in [1.165, 1.54) is 5.56 Å². The van der Waals surface area contributed by atoms with E-state index in [-0.39, 0.29) is 0 Å². The number of hydrogen-bond donors (Lipinski definition) is 0. The van der Waals surface area contributed by atoms with Gasteiger partial charge in [-0.2, -0.15) is 0 Å². The zero-order valence-corrected chi connectivity index (χ0v) is 12.8. The number of methoxy groups -OCH3 is 2. The Bertz CT molecular complexity index is 628. The summed E-state index contributed by atoms with van der Waals surface area (Å²) >= 11 is 0. The fraction of sp³-hybridized carbons (Fsp3) is 0.278. The third-order valence-corrected chi connectivity index (χ3v) is 3.57. The van der Waals surface area contributed by atoms with Crippen LogP contribution >= 0.6 is 0 Å². The summed E-state index contributed by atoms with van der Waals surface area (Å²) in [6, 6.07) is 11.8. The van der Waals surface area contributed by atoms with Gasteiger partial charge in [0.2, 0.25) is 0 Å². The Morgan fingerprint density at radius 1 is 0.952 bits per heavy atom. The average molecular weight is 284 g/mol. The molecule has 3 nitrogen and oxygen atoms in total. The maximum atomic E-state index is 11.3. The molecule has 0 aromatic heterocycles. The first-order valence-electron chi connectivity index (χ1n) is 6.92. The van der Waals surface area contributed by atoms with Gasteiger partial charge in [0.15, 0.2) is 17.8 Å². The predicted octanol–water partition coefficient (Wildman–Crippen LogP) is 4.31. The summed E-state index contributed by atoms with van der Waals surface area (Å²) in [6.45, 7) is 4.31. The van der Waals surface area contributed by atoms with Crippen LogP contribution in [0.1, 0.15) is 35.7 Å². The van der Waals surface area contributed by atoms with E-state index in [2.05, 4.69) is 26.0 Å². The number of rotatable bonds is 5. The summed E-state index contributed by atoms with van der Waals surface area (Å²) in [5, 5.41) is 0. The zero-order chi connectivity index (χ0) is 15.4. The van der Waals surface area contributed by atoms with E-state index in [4.69, 9.17) is 9.47 Å². The lowest BCUT2D eigenvalue weighted by Crippen LogP contribution is -1.96. The highest BCUT2D eigenvalue weighted by Crippen LogP contribution is 2.35. The van der Waals surface area contributed by atoms with Gasteiger partial charge in [-0.1, -0.05) is 38.1 Å². The summed E-state index contributed by atoms with van der Waals surface area (Å²) in [7, 11) is 3.15. The second kappa shape index (κ2) is 6.44. The summed E-state index contributed by atoms with van der Waals surface area (Å²) in [5.41, 5.74) is 3.69. The number of hydrogen-bond acceptors (Lipinski definition) is 3. The van der Waals surface area contributed by atoms with Gasteiger partial charge in [-0.25, -0.2) is 0 Å². The highest BCUT2D eigenvalue weighted by molar-refractivity contribution is 5.89. The van der Waals surface area contributed by atoms with Crippen molar-refractivity contribution in [2.45, 2.75) is 19.8 Å². The average Bonchev–Trinajstić information content (AvgIpc) is 2.53. The first kappa shape index (κ1) is 15.1. The fourth-order valence-electron chi connectivity index (χ4n) is 2.29. The van der Waals surface area contributed by atoms with Gasteiger partial charge in [0.1, 0.15) is 0 Å². The first-order valence-corrected chi connectivity index (χ1v) is 6.92. The normalized spacial score (nSPS) is 10.5. The molecule has 2 aromatic carbocycles. The molecule has 21 heavy (non-hydrogen) atoms. The Kier molecular flexibility index (Phi) is 4.63. The molecule has 0 N–H and O–H groups in total. The molecular weight excluding hydrogens is 264 g/mol. The van der Waals surface area contributed by atoms with Crippen LogP contribution in [-0.2, 0) is 0 Å². The van der Waals surface area contributed by atoms with Crippen molar-refractivity contribution >= 4 is 6.29 Å².